The second-order valence-corrected chi connectivity index (χ2v) is 7.11. The Kier molecular flexibility index (Phi) is 5.58. The van der Waals surface area contributed by atoms with Crippen LogP contribution in [0.3, 0.4) is 0 Å². The van der Waals surface area contributed by atoms with Gasteiger partial charge in [0.2, 0.25) is 5.91 Å². The summed E-state index contributed by atoms with van der Waals surface area (Å²) in [5.74, 6) is -0.378. The number of aliphatic carboxylic acids is 1. The van der Waals surface area contributed by atoms with Crippen LogP contribution in [0.5, 0.6) is 11.5 Å². The minimum atomic E-state index is -1.09. The molecule has 2 aliphatic heterocycles. The molecule has 0 aromatic heterocycles. The zero-order chi connectivity index (χ0) is 18.7. The third kappa shape index (κ3) is 3.59. The van der Waals surface area contributed by atoms with Crippen LogP contribution in [0.2, 0.25) is 5.02 Å². The molecule has 2 fully saturated rings. The van der Waals surface area contributed by atoms with Gasteiger partial charge in [0.25, 0.3) is 0 Å². The summed E-state index contributed by atoms with van der Waals surface area (Å²) in [5.41, 5.74) is 0.463. The molecule has 1 spiro atoms. The maximum Gasteiger partial charge on any atom is 0.341 e. The SMILES string of the molecule is COc1cc(CN2CCCC23CCCNC3=O)cc(Cl)c1OCC(=O)O. The molecule has 2 saturated heterocycles. The fraction of sp³-hybridized carbons (Fsp3) is 0.556. The van der Waals surface area contributed by atoms with Gasteiger partial charge in [-0.1, -0.05) is 11.6 Å². The number of carboxylic acids is 1. The molecule has 7 nitrogen and oxygen atoms in total. The topological polar surface area (TPSA) is 88.1 Å². The molecule has 1 aromatic rings. The summed E-state index contributed by atoms with van der Waals surface area (Å²) < 4.78 is 10.6. The van der Waals surface area contributed by atoms with Crippen LogP contribution in [0.1, 0.15) is 31.2 Å². The Bertz CT molecular complexity index is 711. The summed E-state index contributed by atoms with van der Waals surface area (Å²) >= 11 is 6.29. The summed E-state index contributed by atoms with van der Waals surface area (Å²) in [5, 5.41) is 12.1. The molecule has 2 N–H and O–H groups in total. The monoisotopic (exact) mass is 382 g/mol. The van der Waals surface area contributed by atoms with Gasteiger partial charge >= 0.3 is 5.97 Å². The number of piperidine rings is 1. The van der Waals surface area contributed by atoms with Crippen molar-refractivity contribution in [3.8, 4) is 11.5 Å². The number of amides is 1. The molecule has 2 aliphatic rings. The standard InChI is InChI=1S/C18H23ClN2O5/c1-25-14-9-12(8-13(19)16(14)26-11-15(22)23)10-21-7-3-5-18(21)4-2-6-20-17(18)24/h8-9H,2-7,10-11H2,1H3,(H,20,24)(H,22,23). The average molecular weight is 383 g/mol. The Hall–Kier alpha value is -1.99. The molecule has 8 heteroatoms. The number of hydrogen-bond donors (Lipinski definition) is 2. The zero-order valence-corrected chi connectivity index (χ0v) is 15.5. The van der Waals surface area contributed by atoms with E-state index in [2.05, 4.69) is 10.2 Å². The Morgan fingerprint density at radius 1 is 1.38 bits per heavy atom. The number of nitrogens with one attached hydrogen (secondary N) is 1. The van der Waals surface area contributed by atoms with E-state index < -0.39 is 18.1 Å². The lowest BCUT2D eigenvalue weighted by molar-refractivity contribution is -0.139. The van der Waals surface area contributed by atoms with Crippen molar-refractivity contribution in [1.29, 1.82) is 0 Å². The van der Waals surface area contributed by atoms with Gasteiger partial charge < -0.3 is 19.9 Å². The second kappa shape index (κ2) is 7.72. The van der Waals surface area contributed by atoms with Crippen molar-refractivity contribution < 1.29 is 24.2 Å². The number of carboxylic acid groups (broad SMARTS) is 1. The molecule has 3 rings (SSSR count). The van der Waals surface area contributed by atoms with Gasteiger partial charge in [0.15, 0.2) is 18.1 Å². The highest BCUT2D eigenvalue weighted by Gasteiger charge is 2.48. The lowest BCUT2D eigenvalue weighted by Gasteiger charge is -2.40. The van der Waals surface area contributed by atoms with E-state index in [1.165, 1.54) is 7.11 Å². The van der Waals surface area contributed by atoms with Crippen molar-refractivity contribution >= 4 is 23.5 Å². The Morgan fingerprint density at radius 2 is 2.15 bits per heavy atom. The molecule has 1 amide bonds. The zero-order valence-electron chi connectivity index (χ0n) is 14.7. The van der Waals surface area contributed by atoms with E-state index in [-0.39, 0.29) is 11.7 Å². The number of likely N-dealkylation sites (tertiary alicyclic amines) is 1. The molecule has 26 heavy (non-hydrogen) atoms. The summed E-state index contributed by atoms with van der Waals surface area (Å²) in [6.45, 7) is 1.67. The molecule has 0 bridgehead atoms. The van der Waals surface area contributed by atoms with Gasteiger partial charge in [-0.15, -0.1) is 0 Å². The molecule has 1 unspecified atom stereocenters. The highest BCUT2D eigenvalue weighted by molar-refractivity contribution is 6.32. The molecule has 142 valence electrons. The van der Waals surface area contributed by atoms with Gasteiger partial charge in [-0.05, 0) is 49.9 Å². The van der Waals surface area contributed by atoms with Crippen LogP contribution < -0.4 is 14.8 Å². The highest BCUT2D eigenvalue weighted by Crippen LogP contribution is 2.40. The molecular weight excluding hydrogens is 360 g/mol. The number of methoxy groups -OCH3 is 1. The highest BCUT2D eigenvalue weighted by atomic mass is 35.5. The third-order valence-corrected chi connectivity index (χ3v) is 5.38. The minimum Gasteiger partial charge on any atom is -0.493 e. The lowest BCUT2D eigenvalue weighted by atomic mass is 9.86. The van der Waals surface area contributed by atoms with E-state index >= 15 is 0 Å². The molecule has 0 saturated carbocycles. The van der Waals surface area contributed by atoms with E-state index in [1.807, 2.05) is 0 Å². The molecule has 0 aliphatic carbocycles. The van der Waals surface area contributed by atoms with E-state index in [1.54, 1.807) is 12.1 Å². The predicted molar refractivity (Wildman–Crippen MR) is 95.8 cm³/mol. The van der Waals surface area contributed by atoms with Gasteiger partial charge in [-0.2, -0.15) is 0 Å². The maximum atomic E-state index is 12.5. The van der Waals surface area contributed by atoms with Crippen LogP contribution in [-0.2, 0) is 16.1 Å². The van der Waals surface area contributed by atoms with Crippen molar-refractivity contribution in [2.75, 3.05) is 26.8 Å². The molecule has 0 radical (unpaired) electrons. The molecule has 1 aromatic carbocycles. The predicted octanol–water partition coefficient (Wildman–Crippen LogP) is 2.06. The Labute approximate surface area is 157 Å². The summed E-state index contributed by atoms with van der Waals surface area (Å²) in [4.78, 5) is 25.5. The lowest BCUT2D eigenvalue weighted by Crippen LogP contribution is -2.58. The minimum absolute atomic E-state index is 0.112. The first-order chi connectivity index (χ1) is 12.5. The van der Waals surface area contributed by atoms with Gasteiger partial charge in [-0.25, -0.2) is 4.79 Å². The van der Waals surface area contributed by atoms with Crippen LogP contribution in [0.25, 0.3) is 0 Å². The Morgan fingerprint density at radius 3 is 2.85 bits per heavy atom. The third-order valence-electron chi connectivity index (χ3n) is 5.10. The van der Waals surface area contributed by atoms with Gasteiger partial charge in [0, 0.05) is 13.1 Å². The first-order valence-corrected chi connectivity index (χ1v) is 9.08. The number of halogens is 1. The van der Waals surface area contributed by atoms with Gasteiger partial charge in [-0.3, -0.25) is 9.69 Å². The number of nitrogens with zero attached hydrogens (tertiary/aromatic N) is 1. The van der Waals surface area contributed by atoms with Crippen molar-refractivity contribution in [2.45, 2.75) is 37.8 Å². The summed E-state index contributed by atoms with van der Waals surface area (Å²) in [6, 6.07) is 3.53. The number of benzene rings is 1. The van der Waals surface area contributed by atoms with Crippen molar-refractivity contribution in [2.24, 2.45) is 0 Å². The second-order valence-electron chi connectivity index (χ2n) is 6.71. The number of hydrogen-bond acceptors (Lipinski definition) is 5. The number of rotatable bonds is 6. The normalized spacial score (nSPS) is 23.1. The summed E-state index contributed by atoms with van der Waals surface area (Å²) in [7, 11) is 1.48. The van der Waals surface area contributed by atoms with Crippen LogP contribution in [0, 0.1) is 0 Å². The van der Waals surface area contributed by atoms with Crippen LogP contribution >= 0.6 is 11.6 Å². The Balaban J connectivity index is 1.82. The average Bonchev–Trinajstić information content (AvgIpc) is 2.99. The quantitative estimate of drug-likeness (QED) is 0.783. The van der Waals surface area contributed by atoms with Crippen LogP contribution in [0.4, 0.5) is 0 Å². The molecule has 1 atom stereocenters. The fourth-order valence-corrected chi connectivity index (χ4v) is 4.21. The first kappa shape index (κ1) is 18.8. The van der Waals surface area contributed by atoms with E-state index in [0.717, 1.165) is 44.3 Å². The first-order valence-electron chi connectivity index (χ1n) is 8.70. The van der Waals surface area contributed by atoms with E-state index in [0.29, 0.717) is 17.3 Å². The van der Waals surface area contributed by atoms with Crippen molar-refractivity contribution in [3.63, 3.8) is 0 Å². The van der Waals surface area contributed by atoms with E-state index in [4.69, 9.17) is 26.2 Å². The van der Waals surface area contributed by atoms with Crippen LogP contribution in [0.15, 0.2) is 12.1 Å². The van der Waals surface area contributed by atoms with Crippen molar-refractivity contribution in [3.05, 3.63) is 22.7 Å². The van der Waals surface area contributed by atoms with Gasteiger partial charge in [0.05, 0.1) is 12.1 Å². The number of carbonyl (C=O) groups excluding carboxylic acids is 1. The molecule has 2 heterocycles. The van der Waals surface area contributed by atoms with Crippen LogP contribution in [-0.4, -0.2) is 54.2 Å². The van der Waals surface area contributed by atoms with Gasteiger partial charge in [0.1, 0.15) is 5.54 Å². The summed E-state index contributed by atoms with van der Waals surface area (Å²) in [6.07, 6.45) is 3.69. The largest absolute Gasteiger partial charge is 0.493 e. The maximum absolute atomic E-state index is 12.5. The molecular formula is C18H23ClN2O5. The smallest absolute Gasteiger partial charge is 0.341 e. The number of ether oxygens (including phenoxy) is 2. The van der Waals surface area contributed by atoms with E-state index in [9.17, 15) is 9.59 Å². The van der Waals surface area contributed by atoms with Crippen molar-refractivity contribution in [1.82, 2.24) is 10.2 Å². The fourth-order valence-electron chi connectivity index (χ4n) is 3.92. The number of carbonyl (C=O) groups is 2.